The van der Waals surface area contributed by atoms with Crippen LogP contribution in [-0.4, -0.2) is 40.8 Å². The molecular weight excluding hydrogens is 386 g/mol. The van der Waals surface area contributed by atoms with Crippen LogP contribution < -0.4 is 5.32 Å². The fourth-order valence-corrected chi connectivity index (χ4v) is 4.35. The topological polar surface area (TPSA) is 75.4 Å². The van der Waals surface area contributed by atoms with Crippen molar-refractivity contribution < 1.29 is 14.0 Å². The molecule has 2 aromatic heterocycles. The Labute approximate surface area is 173 Å². The van der Waals surface area contributed by atoms with Crippen LogP contribution in [0.25, 0.3) is 10.6 Å². The van der Waals surface area contributed by atoms with E-state index in [-0.39, 0.29) is 24.3 Å². The fourth-order valence-electron chi connectivity index (χ4n) is 3.54. The zero-order valence-corrected chi connectivity index (χ0v) is 17.1. The number of benzene rings is 1. The van der Waals surface area contributed by atoms with Crippen LogP contribution in [0.2, 0.25) is 0 Å². The lowest BCUT2D eigenvalue weighted by atomic mass is 10.0. The lowest BCUT2D eigenvalue weighted by Crippen LogP contribution is -2.46. The van der Waals surface area contributed by atoms with Crippen molar-refractivity contribution in [2.45, 2.75) is 32.2 Å². The van der Waals surface area contributed by atoms with Crippen LogP contribution in [0.15, 0.2) is 52.7 Å². The number of aryl methyl sites for hydroxylation is 1. The van der Waals surface area contributed by atoms with Crippen molar-refractivity contribution >= 4 is 23.2 Å². The summed E-state index contributed by atoms with van der Waals surface area (Å²) in [5, 5.41) is 5.97. The van der Waals surface area contributed by atoms with E-state index in [2.05, 4.69) is 29.4 Å². The summed E-state index contributed by atoms with van der Waals surface area (Å²) in [6.45, 7) is 3.31. The predicted molar refractivity (Wildman–Crippen MR) is 112 cm³/mol. The molecule has 2 amide bonds. The summed E-state index contributed by atoms with van der Waals surface area (Å²) in [5.74, 6) is -0.0413. The first-order chi connectivity index (χ1) is 14.1. The van der Waals surface area contributed by atoms with Crippen LogP contribution in [0, 0.1) is 6.92 Å². The number of nitrogens with zero attached hydrogens (tertiary/aromatic N) is 2. The maximum atomic E-state index is 12.4. The summed E-state index contributed by atoms with van der Waals surface area (Å²) in [6, 6.07) is 9.97. The molecule has 0 bridgehead atoms. The van der Waals surface area contributed by atoms with Gasteiger partial charge in [0.25, 0.3) is 5.91 Å². The minimum absolute atomic E-state index is 0.0188. The van der Waals surface area contributed by atoms with Crippen molar-refractivity contribution in [1.82, 2.24) is 15.2 Å². The van der Waals surface area contributed by atoms with Crippen molar-refractivity contribution in [3.8, 4) is 10.6 Å². The highest BCUT2D eigenvalue weighted by Gasteiger charge is 2.25. The van der Waals surface area contributed by atoms with Gasteiger partial charge in [0.15, 0.2) is 0 Å². The number of carbonyl (C=O) groups excluding carboxylic acids is 2. The van der Waals surface area contributed by atoms with E-state index in [1.807, 2.05) is 22.4 Å². The van der Waals surface area contributed by atoms with E-state index in [4.69, 9.17) is 4.42 Å². The number of amides is 2. The maximum absolute atomic E-state index is 12.4. The summed E-state index contributed by atoms with van der Waals surface area (Å²) in [6.07, 6.45) is 4.75. The highest BCUT2D eigenvalue weighted by Crippen LogP contribution is 2.24. The summed E-state index contributed by atoms with van der Waals surface area (Å²) in [7, 11) is 0. The molecule has 150 valence electrons. The molecule has 0 unspecified atom stereocenters. The number of aromatic nitrogens is 1. The molecule has 0 saturated carbocycles. The van der Waals surface area contributed by atoms with Gasteiger partial charge in [-0.1, -0.05) is 23.8 Å². The largest absolute Gasteiger partial charge is 0.472 e. The first-order valence-corrected chi connectivity index (χ1v) is 10.6. The predicted octanol–water partition coefficient (Wildman–Crippen LogP) is 3.68. The summed E-state index contributed by atoms with van der Waals surface area (Å²) >= 11 is 1.56. The molecule has 1 aromatic carbocycles. The van der Waals surface area contributed by atoms with E-state index in [0.29, 0.717) is 18.7 Å². The molecule has 0 radical (unpaired) electrons. The standard InChI is InChI=1S/C22H23N3O3S/c1-15-3-2-4-16(11-15)21-24-19(14-29-21)12-20(26)23-18-5-8-25(9-6-18)22(27)17-7-10-28-13-17/h2-4,7,10-11,13-14,18H,5-6,8-9,12H2,1H3,(H,23,26). The minimum Gasteiger partial charge on any atom is -0.472 e. The van der Waals surface area contributed by atoms with Gasteiger partial charge in [0.05, 0.1) is 23.9 Å². The first kappa shape index (κ1) is 19.4. The molecule has 1 saturated heterocycles. The number of likely N-dealkylation sites (tertiary alicyclic amines) is 1. The number of furan rings is 1. The maximum Gasteiger partial charge on any atom is 0.257 e. The van der Waals surface area contributed by atoms with E-state index in [9.17, 15) is 9.59 Å². The van der Waals surface area contributed by atoms with Crippen LogP contribution in [0.1, 0.15) is 34.5 Å². The number of hydrogen-bond donors (Lipinski definition) is 1. The zero-order valence-electron chi connectivity index (χ0n) is 16.3. The Kier molecular flexibility index (Phi) is 5.76. The Morgan fingerprint density at radius 1 is 1.28 bits per heavy atom. The van der Waals surface area contributed by atoms with Gasteiger partial charge in [-0.2, -0.15) is 0 Å². The van der Waals surface area contributed by atoms with E-state index in [0.717, 1.165) is 29.1 Å². The van der Waals surface area contributed by atoms with E-state index in [1.165, 1.54) is 18.1 Å². The van der Waals surface area contributed by atoms with Crippen molar-refractivity contribution in [2.75, 3.05) is 13.1 Å². The Balaban J connectivity index is 1.27. The van der Waals surface area contributed by atoms with Gasteiger partial charge in [0, 0.05) is 30.1 Å². The lowest BCUT2D eigenvalue weighted by Gasteiger charge is -2.32. The molecule has 6 nitrogen and oxygen atoms in total. The smallest absolute Gasteiger partial charge is 0.257 e. The van der Waals surface area contributed by atoms with Crippen LogP contribution in [0.3, 0.4) is 0 Å². The Morgan fingerprint density at radius 2 is 2.10 bits per heavy atom. The van der Waals surface area contributed by atoms with Gasteiger partial charge >= 0.3 is 0 Å². The minimum atomic E-state index is -0.0225. The molecule has 0 atom stereocenters. The van der Waals surface area contributed by atoms with Crippen LogP contribution in [0.5, 0.6) is 0 Å². The quantitative estimate of drug-likeness (QED) is 0.698. The number of carbonyl (C=O) groups is 2. The van der Waals surface area contributed by atoms with Crippen LogP contribution >= 0.6 is 11.3 Å². The van der Waals surface area contributed by atoms with Crippen molar-refractivity contribution in [2.24, 2.45) is 0 Å². The highest BCUT2D eigenvalue weighted by molar-refractivity contribution is 7.13. The molecule has 1 aliphatic heterocycles. The molecule has 3 aromatic rings. The normalized spacial score (nSPS) is 14.7. The number of rotatable bonds is 5. The van der Waals surface area contributed by atoms with Gasteiger partial charge in [-0.15, -0.1) is 11.3 Å². The molecule has 1 N–H and O–H groups in total. The third-order valence-corrected chi connectivity index (χ3v) is 6.01. The van der Waals surface area contributed by atoms with E-state index >= 15 is 0 Å². The third kappa shape index (κ3) is 4.74. The average molecular weight is 410 g/mol. The second kappa shape index (κ2) is 8.61. The SMILES string of the molecule is Cc1cccc(-c2nc(CC(=O)NC3CCN(C(=O)c4ccoc4)CC3)cs2)c1. The molecule has 3 heterocycles. The van der Waals surface area contributed by atoms with Crippen LogP contribution in [0.4, 0.5) is 0 Å². The lowest BCUT2D eigenvalue weighted by molar-refractivity contribution is -0.121. The summed E-state index contributed by atoms with van der Waals surface area (Å²) < 4.78 is 4.98. The Bertz CT molecular complexity index is 988. The van der Waals surface area contributed by atoms with Gasteiger partial charge in [-0.3, -0.25) is 9.59 Å². The number of thiazole rings is 1. The summed E-state index contributed by atoms with van der Waals surface area (Å²) in [5.41, 5.74) is 3.63. The molecule has 1 fully saturated rings. The van der Waals surface area contributed by atoms with Gasteiger partial charge in [-0.05, 0) is 31.9 Å². The second-order valence-corrected chi connectivity index (χ2v) is 8.19. The molecule has 4 rings (SSSR count). The molecule has 0 spiro atoms. The van der Waals surface area contributed by atoms with E-state index < -0.39 is 0 Å². The third-order valence-electron chi connectivity index (χ3n) is 5.07. The highest BCUT2D eigenvalue weighted by atomic mass is 32.1. The molecule has 0 aliphatic carbocycles. The Morgan fingerprint density at radius 3 is 2.83 bits per heavy atom. The molecule has 1 aliphatic rings. The van der Waals surface area contributed by atoms with Gasteiger partial charge in [0.2, 0.25) is 5.91 Å². The van der Waals surface area contributed by atoms with Gasteiger partial charge in [-0.25, -0.2) is 4.98 Å². The fraction of sp³-hybridized carbons (Fsp3) is 0.318. The van der Waals surface area contributed by atoms with Crippen molar-refractivity contribution in [3.63, 3.8) is 0 Å². The monoisotopic (exact) mass is 409 g/mol. The second-order valence-electron chi connectivity index (χ2n) is 7.34. The molecule has 7 heteroatoms. The zero-order chi connectivity index (χ0) is 20.2. The average Bonchev–Trinajstić information content (AvgIpc) is 3.40. The number of piperidine rings is 1. The van der Waals surface area contributed by atoms with Gasteiger partial charge in [0.1, 0.15) is 11.3 Å². The van der Waals surface area contributed by atoms with Crippen molar-refractivity contribution in [3.05, 3.63) is 65.1 Å². The number of nitrogens with one attached hydrogen (secondary N) is 1. The van der Waals surface area contributed by atoms with E-state index in [1.54, 1.807) is 17.4 Å². The molecule has 29 heavy (non-hydrogen) atoms. The first-order valence-electron chi connectivity index (χ1n) is 9.71. The summed E-state index contributed by atoms with van der Waals surface area (Å²) in [4.78, 5) is 31.2. The molecular formula is C22H23N3O3S. The van der Waals surface area contributed by atoms with Crippen LogP contribution in [-0.2, 0) is 11.2 Å². The number of hydrogen-bond acceptors (Lipinski definition) is 5. The van der Waals surface area contributed by atoms with Crippen molar-refractivity contribution in [1.29, 1.82) is 0 Å². The Hall–Kier alpha value is -2.93. The van der Waals surface area contributed by atoms with Gasteiger partial charge < -0.3 is 14.6 Å².